The zero-order chi connectivity index (χ0) is 39.1. The second-order valence-corrected chi connectivity index (χ2v) is 11.6. The van der Waals surface area contributed by atoms with E-state index in [0.29, 0.717) is 0 Å². The molecule has 0 atom stereocenters. The van der Waals surface area contributed by atoms with Gasteiger partial charge >= 0.3 is 0 Å². The van der Waals surface area contributed by atoms with Gasteiger partial charge in [0.1, 0.15) is 24.4 Å². The summed E-state index contributed by atoms with van der Waals surface area (Å²) in [5, 5.41) is 74.1. The minimum absolute atomic E-state index is 0.0382. The molecule has 0 aromatic rings. The van der Waals surface area contributed by atoms with Crippen molar-refractivity contribution in [2.75, 3.05) is 185 Å². The smallest absolute Gasteiger partial charge is 0.104 e. The molecule has 0 heterocycles. The molecule has 0 fully saturated rings. The number of hydrogen-bond donors (Lipinski definition) is 8. The molecule has 0 amide bonds. The molecule has 0 rings (SSSR count). The second kappa shape index (κ2) is 39.4. The molecule has 53 heavy (non-hydrogen) atoms. The van der Waals surface area contributed by atoms with Crippen LogP contribution in [0.5, 0.6) is 0 Å². The first kappa shape index (κ1) is 52.2. The number of aliphatic hydroxyl groups is 8. The fraction of sp³-hybridized carbons (Fsp3) is 1.00. The van der Waals surface area contributed by atoms with Gasteiger partial charge in [-0.1, -0.05) is 0 Å². The maximum Gasteiger partial charge on any atom is 0.104 e. The normalized spacial score (nSPS) is 12.5. The van der Waals surface area contributed by atoms with Gasteiger partial charge in [-0.05, 0) is 0 Å². The number of rotatable bonds is 44. The summed E-state index contributed by atoms with van der Waals surface area (Å²) < 4.78 is 69.7. The van der Waals surface area contributed by atoms with Crippen LogP contribution in [0.15, 0.2) is 0 Å². The zero-order valence-corrected chi connectivity index (χ0v) is 31.1. The van der Waals surface area contributed by atoms with E-state index in [2.05, 4.69) is 0 Å². The molecule has 20 heteroatoms. The van der Waals surface area contributed by atoms with Crippen LogP contribution < -0.4 is 0 Å². The van der Waals surface area contributed by atoms with E-state index < -0.39 is 29.8 Å². The van der Waals surface area contributed by atoms with Gasteiger partial charge in [0.25, 0.3) is 0 Å². The molecule has 0 bridgehead atoms. The van der Waals surface area contributed by atoms with Crippen molar-refractivity contribution in [2.24, 2.45) is 5.41 Å². The number of aliphatic hydroxyl groups excluding tert-OH is 8. The molecule has 0 aromatic heterocycles. The molecule has 0 radical (unpaired) electrons. The average molecular weight is 785 g/mol. The molecule has 0 saturated carbocycles. The molecule has 0 aliphatic carbocycles. The Balaban J connectivity index is 6.63. The fourth-order valence-electron chi connectivity index (χ4n) is 4.24. The van der Waals surface area contributed by atoms with Crippen LogP contribution in [-0.4, -0.2) is 250 Å². The highest BCUT2D eigenvalue weighted by atomic mass is 16.6. The molecule has 8 N–H and O–H groups in total. The Morgan fingerprint density at radius 1 is 0.264 bits per heavy atom. The molecule has 20 nitrogen and oxygen atoms in total. The second-order valence-electron chi connectivity index (χ2n) is 11.6. The van der Waals surface area contributed by atoms with Gasteiger partial charge in [0, 0.05) is 0 Å². The van der Waals surface area contributed by atoms with Crippen LogP contribution in [0.25, 0.3) is 0 Å². The molecular weight excluding hydrogens is 716 g/mol. The van der Waals surface area contributed by atoms with Gasteiger partial charge in [-0.15, -0.1) is 0 Å². The maximum atomic E-state index is 9.26. The van der Waals surface area contributed by atoms with E-state index in [9.17, 15) is 40.9 Å². The highest BCUT2D eigenvalue weighted by molar-refractivity contribution is 4.83. The van der Waals surface area contributed by atoms with E-state index in [1.807, 2.05) is 0 Å². The van der Waals surface area contributed by atoms with E-state index in [0.717, 1.165) is 0 Å². The molecule has 0 saturated heterocycles. The SMILES string of the molecule is OCCOCC(COCCO)OCC(COC(COCCO)COCCO)(COC(COCCO)COCCO)COC(COCCO)COCCO. The summed E-state index contributed by atoms with van der Waals surface area (Å²) in [6, 6.07) is 0. The molecule has 0 spiro atoms. The van der Waals surface area contributed by atoms with E-state index >= 15 is 0 Å². The Morgan fingerprint density at radius 2 is 0.415 bits per heavy atom. The van der Waals surface area contributed by atoms with Gasteiger partial charge < -0.3 is 97.7 Å². The van der Waals surface area contributed by atoms with Crippen molar-refractivity contribution in [2.45, 2.75) is 24.4 Å². The van der Waals surface area contributed by atoms with Crippen LogP contribution in [0.4, 0.5) is 0 Å². The van der Waals surface area contributed by atoms with Gasteiger partial charge in [0.15, 0.2) is 0 Å². The first-order valence-corrected chi connectivity index (χ1v) is 17.9. The summed E-state index contributed by atoms with van der Waals surface area (Å²) in [5.74, 6) is 0. The van der Waals surface area contributed by atoms with Gasteiger partial charge in [0.2, 0.25) is 0 Å². The van der Waals surface area contributed by atoms with Crippen molar-refractivity contribution < 1.29 is 97.7 Å². The molecule has 0 aliphatic rings. The molecular formula is C33H68O20. The zero-order valence-electron chi connectivity index (χ0n) is 31.1. The number of ether oxygens (including phenoxy) is 12. The summed E-state index contributed by atoms with van der Waals surface area (Å²) in [4.78, 5) is 0. The quantitative estimate of drug-likeness (QED) is 0.0271. The van der Waals surface area contributed by atoms with E-state index in [1.165, 1.54) is 0 Å². The Labute approximate surface area is 312 Å². The largest absolute Gasteiger partial charge is 0.394 e. The molecule has 0 aromatic carbocycles. The molecule has 320 valence electrons. The predicted molar refractivity (Wildman–Crippen MR) is 185 cm³/mol. The van der Waals surface area contributed by atoms with Crippen molar-refractivity contribution in [3.8, 4) is 0 Å². The highest BCUT2D eigenvalue weighted by Crippen LogP contribution is 2.25. The van der Waals surface area contributed by atoms with Crippen LogP contribution in [-0.2, 0) is 56.8 Å². The third kappa shape index (κ3) is 31.0. The first-order valence-electron chi connectivity index (χ1n) is 17.9. The minimum Gasteiger partial charge on any atom is -0.394 e. The monoisotopic (exact) mass is 784 g/mol. The van der Waals surface area contributed by atoms with Crippen LogP contribution in [0.3, 0.4) is 0 Å². The van der Waals surface area contributed by atoms with Gasteiger partial charge in [0.05, 0.1) is 190 Å². The Kier molecular flexibility index (Phi) is 38.8. The lowest BCUT2D eigenvalue weighted by Gasteiger charge is -2.37. The molecule has 0 aliphatic heterocycles. The van der Waals surface area contributed by atoms with Crippen LogP contribution in [0.1, 0.15) is 0 Å². The number of hydrogen-bond acceptors (Lipinski definition) is 20. The standard InChI is InChI=1S/C33H68O20/c34-1-9-42-17-29(18-43-10-2-35)50-25-33(26-51-30(19-44-11-3-36)20-45-12-4-37,27-52-31(21-46-13-5-38)22-47-14-6-39)28-53-32(23-48-15-7-40)24-49-16-8-41/h29-32,34-41H,1-28H2. The summed E-state index contributed by atoms with van der Waals surface area (Å²) in [7, 11) is 0. The predicted octanol–water partition coefficient (Wildman–Crippen LogP) is -4.42. The molecule has 0 unspecified atom stereocenters. The maximum absolute atomic E-state index is 9.26. The van der Waals surface area contributed by atoms with E-state index in [1.54, 1.807) is 0 Å². The van der Waals surface area contributed by atoms with Crippen molar-refractivity contribution >= 4 is 0 Å². The van der Waals surface area contributed by atoms with Crippen molar-refractivity contribution in [3.05, 3.63) is 0 Å². The lowest BCUT2D eigenvalue weighted by atomic mass is 9.91. The highest BCUT2D eigenvalue weighted by Gasteiger charge is 2.37. The van der Waals surface area contributed by atoms with E-state index in [-0.39, 0.29) is 185 Å². The van der Waals surface area contributed by atoms with Crippen molar-refractivity contribution in [1.29, 1.82) is 0 Å². The van der Waals surface area contributed by atoms with Crippen molar-refractivity contribution in [3.63, 3.8) is 0 Å². The lowest BCUT2D eigenvalue weighted by Crippen LogP contribution is -2.48. The summed E-state index contributed by atoms with van der Waals surface area (Å²) >= 11 is 0. The minimum atomic E-state index is -1.14. The summed E-state index contributed by atoms with van der Waals surface area (Å²) in [5.41, 5.74) is -1.14. The van der Waals surface area contributed by atoms with Crippen LogP contribution >= 0.6 is 0 Å². The van der Waals surface area contributed by atoms with Gasteiger partial charge in [-0.3, -0.25) is 0 Å². The fourth-order valence-corrected chi connectivity index (χ4v) is 4.24. The van der Waals surface area contributed by atoms with Crippen LogP contribution in [0.2, 0.25) is 0 Å². The average Bonchev–Trinajstić information content (AvgIpc) is 3.16. The van der Waals surface area contributed by atoms with Gasteiger partial charge in [-0.2, -0.15) is 0 Å². The Bertz CT molecular complexity index is 571. The van der Waals surface area contributed by atoms with Crippen molar-refractivity contribution in [1.82, 2.24) is 0 Å². The summed E-state index contributed by atoms with van der Waals surface area (Å²) in [6.07, 6.45) is -2.68. The third-order valence-electron chi connectivity index (χ3n) is 6.82. The third-order valence-corrected chi connectivity index (χ3v) is 6.82. The van der Waals surface area contributed by atoms with Gasteiger partial charge in [-0.25, -0.2) is 0 Å². The Hall–Kier alpha value is -0.800. The van der Waals surface area contributed by atoms with E-state index in [4.69, 9.17) is 56.8 Å². The topological polar surface area (TPSA) is 273 Å². The summed E-state index contributed by atoms with van der Waals surface area (Å²) in [6.45, 7) is -1.32. The Morgan fingerprint density at radius 3 is 0.547 bits per heavy atom. The first-order chi connectivity index (χ1) is 26.0. The van der Waals surface area contributed by atoms with Crippen LogP contribution in [0, 0.1) is 5.41 Å². The lowest BCUT2D eigenvalue weighted by molar-refractivity contribution is -0.183.